The molecule has 0 aromatic heterocycles. The minimum absolute atomic E-state index is 0.0329. The Morgan fingerprint density at radius 1 is 0.964 bits per heavy atom. The van der Waals surface area contributed by atoms with Crippen LogP contribution in [0.4, 0.5) is 30.7 Å². The fraction of sp³-hybridized carbons (Fsp3) is 1.00. The van der Waals surface area contributed by atoms with Crippen LogP contribution in [0.5, 0.6) is 0 Å². The Morgan fingerprint density at radius 3 is 2.11 bits per heavy atom. The van der Waals surface area contributed by atoms with Crippen LogP contribution in [0.25, 0.3) is 0 Å². The molecule has 0 aliphatic heterocycles. The van der Waals surface area contributed by atoms with Gasteiger partial charge in [0.2, 0.25) is 6.17 Å². The summed E-state index contributed by atoms with van der Waals surface area (Å²) in [4.78, 5) is 0. The molecule has 0 aliphatic rings. The zero-order chi connectivity index (χ0) is 21.8. The first kappa shape index (κ1) is 27.8. The minimum atomic E-state index is -4.92. The maximum atomic E-state index is 12.7. The molecule has 0 rings (SSSR count). The Labute approximate surface area is 163 Å². The van der Waals surface area contributed by atoms with Crippen LogP contribution in [0.2, 0.25) is 25.2 Å². The molecule has 170 valence electrons. The predicted molar refractivity (Wildman–Crippen MR) is 94.8 cm³/mol. The van der Waals surface area contributed by atoms with Crippen LogP contribution in [0.15, 0.2) is 0 Å². The molecule has 0 aliphatic carbocycles. The zero-order valence-corrected chi connectivity index (χ0v) is 18.5. The first-order valence-electron chi connectivity index (χ1n) is 8.95. The van der Waals surface area contributed by atoms with Crippen molar-refractivity contribution in [3.63, 3.8) is 0 Å². The first-order valence-corrected chi connectivity index (χ1v) is 13.9. The summed E-state index contributed by atoms with van der Waals surface area (Å²) in [6, 6.07) is 1.18. The molecule has 0 N–H and O–H groups in total. The minimum Gasteiger partial charge on any atom is -0.439 e. The summed E-state index contributed by atoms with van der Waals surface area (Å²) in [6.07, 6.45) is -12.2. The maximum absolute atomic E-state index is 12.7. The maximum Gasteiger partial charge on any atom is 0.421 e. The smallest absolute Gasteiger partial charge is 0.421 e. The van der Waals surface area contributed by atoms with Crippen molar-refractivity contribution in [1.82, 2.24) is 0 Å². The third-order valence-corrected chi connectivity index (χ3v) is 10.8. The molecule has 28 heavy (non-hydrogen) atoms. The molecule has 3 unspecified atom stereocenters. The number of ether oxygens (including phenoxy) is 2. The Kier molecular flexibility index (Phi) is 13.1. The molecule has 0 aromatic carbocycles. The van der Waals surface area contributed by atoms with Gasteiger partial charge >= 0.3 is 20.9 Å². The van der Waals surface area contributed by atoms with Crippen LogP contribution < -0.4 is 0 Å². The summed E-state index contributed by atoms with van der Waals surface area (Å²) in [7, 11) is -2.67. The van der Waals surface area contributed by atoms with Gasteiger partial charge in [-0.25, -0.2) is 4.39 Å². The van der Waals surface area contributed by atoms with Gasteiger partial charge in [-0.15, -0.1) is 0 Å². The van der Waals surface area contributed by atoms with Gasteiger partial charge in [0.1, 0.15) is 0 Å². The molecule has 0 saturated carbocycles. The van der Waals surface area contributed by atoms with Gasteiger partial charge in [0.25, 0.3) is 0 Å². The highest BCUT2D eigenvalue weighted by Gasteiger charge is 2.40. The Morgan fingerprint density at radius 2 is 1.57 bits per heavy atom. The second kappa shape index (κ2) is 13.2. The summed E-state index contributed by atoms with van der Waals surface area (Å²) >= 11 is 0. The van der Waals surface area contributed by atoms with Gasteiger partial charge in [0.15, 0.2) is 9.04 Å². The lowest BCUT2D eigenvalue weighted by atomic mass is 10.4. The number of hydrogen-bond donors (Lipinski definition) is 0. The molecule has 0 aromatic rings. The van der Waals surface area contributed by atoms with Gasteiger partial charge in [-0.3, -0.25) is 0 Å². The van der Waals surface area contributed by atoms with Crippen molar-refractivity contribution >= 4 is 17.6 Å². The van der Waals surface area contributed by atoms with Crippen LogP contribution in [0, 0.1) is 0 Å². The third kappa shape index (κ3) is 14.7. The number of hydrogen-bond acceptors (Lipinski definition) is 4. The van der Waals surface area contributed by atoms with Crippen molar-refractivity contribution in [2.75, 3.05) is 33.5 Å². The molecule has 13 heteroatoms. The van der Waals surface area contributed by atoms with Gasteiger partial charge in [-0.1, -0.05) is 0 Å². The topological polar surface area (TPSA) is 36.9 Å². The summed E-state index contributed by atoms with van der Waals surface area (Å²) in [5.41, 5.74) is 0. The molecule has 0 saturated heterocycles. The molecular formula is C15H29F7O4Si2. The van der Waals surface area contributed by atoms with Crippen LogP contribution in [0.3, 0.4) is 0 Å². The van der Waals surface area contributed by atoms with Crippen molar-refractivity contribution < 1.29 is 48.7 Å². The predicted octanol–water partition coefficient (Wildman–Crippen LogP) is 4.74. The average molecular weight is 463 g/mol. The van der Waals surface area contributed by atoms with E-state index in [1.807, 2.05) is 13.1 Å². The van der Waals surface area contributed by atoms with E-state index >= 15 is 0 Å². The normalized spacial score (nSPS) is 17.4. The standard InChI is InChI=1S/C15H29F7O4Si2/c1-23-28(3,11-5-8-25-12-13(16)15(20,21)22)26-27(2)10-4-7-24-9-6-14(17,18)19/h13,27H,4-12H2,1-3H3. The van der Waals surface area contributed by atoms with E-state index in [0.717, 1.165) is 0 Å². The van der Waals surface area contributed by atoms with Crippen LogP contribution >= 0.6 is 0 Å². The van der Waals surface area contributed by atoms with Crippen molar-refractivity contribution in [3.8, 4) is 0 Å². The molecular weight excluding hydrogens is 433 g/mol. The van der Waals surface area contributed by atoms with Gasteiger partial charge in [0, 0.05) is 20.3 Å². The molecule has 3 atom stereocenters. The van der Waals surface area contributed by atoms with Crippen LogP contribution in [-0.4, -0.2) is 69.7 Å². The van der Waals surface area contributed by atoms with Gasteiger partial charge in [-0.05, 0) is 38.0 Å². The van der Waals surface area contributed by atoms with E-state index in [9.17, 15) is 30.7 Å². The van der Waals surface area contributed by atoms with Crippen LogP contribution in [0.1, 0.15) is 19.3 Å². The van der Waals surface area contributed by atoms with E-state index in [0.29, 0.717) is 24.9 Å². The highest BCUT2D eigenvalue weighted by Crippen LogP contribution is 2.23. The van der Waals surface area contributed by atoms with Crippen molar-refractivity contribution in [3.05, 3.63) is 0 Å². The highest BCUT2D eigenvalue weighted by atomic mass is 28.4. The third-order valence-electron chi connectivity index (χ3n) is 3.85. The summed E-state index contributed by atoms with van der Waals surface area (Å²) in [6.45, 7) is 2.56. The molecule has 4 nitrogen and oxygen atoms in total. The quantitative estimate of drug-likeness (QED) is 0.200. The summed E-state index contributed by atoms with van der Waals surface area (Å²) < 4.78 is 106. The Balaban J connectivity index is 3.95. The molecule has 0 amide bonds. The van der Waals surface area contributed by atoms with Gasteiger partial charge in [-0.2, -0.15) is 26.3 Å². The molecule has 0 fully saturated rings. The van der Waals surface area contributed by atoms with Gasteiger partial charge in [0.05, 0.1) is 19.6 Å². The Bertz CT molecular complexity index is 413. The molecule has 0 radical (unpaired) electrons. The fourth-order valence-electron chi connectivity index (χ4n) is 2.23. The van der Waals surface area contributed by atoms with E-state index in [-0.39, 0.29) is 19.8 Å². The number of halogens is 7. The van der Waals surface area contributed by atoms with Crippen molar-refractivity contribution in [2.45, 2.75) is 63.0 Å². The van der Waals surface area contributed by atoms with Crippen molar-refractivity contribution in [2.24, 2.45) is 0 Å². The molecule has 0 heterocycles. The average Bonchev–Trinajstić information content (AvgIpc) is 2.55. The number of alkyl halides is 7. The lowest BCUT2D eigenvalue weighted by Gasteiger charge is -2.29. The largest absolute Gasteiger partial charge is 0.439 e. The highest BCUT2D eigenvalue weighted by molar-refractivity contribution is 6.74. The van der Waals surface area contributed by atoms with Crippen molar-refractivity contribution in [1.29, 1.82) is 0 Å². The summed E-state index contributed by atoms with van der Waals surface area (Å²) in [5.74, 6) is 0. The zero-order valence-electron chi connectivity index (χ0n) is 16.3. The second-order valence-electron chi connectivity index (χ2n) is 6.57. The first-order chi connectivity index (χ1) is 12.8. The molecule has 0 bridgehead atoms. The second-order valence-corrected chi connectivity index (χ2v) is 12.9. The monoisotopic (exact) mass is 462 g/mol. The van der Waals surface area contributed by atoms with Crippen LogP contribution in [-0.2, 0) is 18.0 Å². The summed E-state index contributed by atoms with van der Waals surface area (Å²) in [5, 5.41) is 0. The lowest BCUT2D eigenvalue weighted by molar-refractivity contribution is -0.193. The van der Waals surface area contributed by atoms with E-state index in [2.05, 4.69) is 0 Å². The van der Waals surface area contributed by atoms with Gasteiger partial charge < -0.3 is 18.0 Å². The SMILES string of the molecule is CO[Si](C)(CCCOCC(F)C(F)(F)F)O[SiH](C)CCCOCCC(F)(F)F. The van der Waals surface area contributed by atoms with E-state index in [1.165, 1.54) is 7.11 Å². The molecule has 0 spiro atoms. The number of rotatable bonds is 15. The Hall–Kier alpha value is -0.216. The van der Waals surface area contributed by atoms with E-state index in [4.69, 9.17) is 18.0 Å². The fourth-order valence-corrected chi connectivity index (χ4v) is 8.70. The van der Waals surface area contributed by atoms with E-state index in [1.54, 1.807) is 0 Å². The van der Waals surface area contributed by atoms with E-state index < -0.39 is 49.2 Å². The lowest BCUT2D eigenvalue weighted by Crippen LogP contribution is -2.42.